The van der Waals surface area contributed by atoms with Gasteiger partial charge in [-0.05, 0) is 61.5 Å². The van der Waals surface area contributed by atoms with Gasteiger partial charge < -0.3 is 29.2 Å². The lowest BCUT2D eigenvalue weighted by Gasteiger charge is -2.32. The molecule has 3 aromatic carbocycles. The molecule has 2 N–H and O–H groups in total. The van der Waals surface area contributed by atoms with E-state index in [1.165, 1.54) is 18.2 Å². The first kappa shape index (κ1) is 26.8. The van der Waals surface area contributed by atoms with Gasteiger partial charge in [0.25, 0.3) is 0 Å². The standard InChI is InChI=1S/C31H34BNO6/c1-30(2)31(3,4)39-32(38-30)21(17-20-11-10-16-27(36-5)28(20)34)18-33-29(35)37-19-26-24-14-8-6-12-22(24)23-13-7-9-15-25(23)26/h6-17,26,34H,18-19H2,1-5H3,(H,33,35). The smallest absolute Gasteiger partial charge is 0.492 e. The quantitative estimate of drug-likeness (QED) is 0.369. The number of aromatic hydroxyl groups is 1. The number of nitrogens with one attached hydrogen (secondary N) is 1. The predicted octanol–water partition coefficient (Wildman–Crippen LogP) is 5.95. The lowest BCUT2D eigenvalue weighted by atomic mass is 9.77. The molecule has 2 aliphatic rings. The van der Waals surface area contributed by atoms with Crippen molar-refractivity contribution in [2.75, 3.05) is 20.3 Å². The number of rotatable bonds is 7. The van der Waals surface area contributed by atoms with Crippen molar-refractivity contribution < 1.29 is 28.7 Å². The van der Waals surface area contributed by atoms with E-state index < -0.39 is 24.4 Å². The number of carbonyl (C=O) groups is 1. The molecule has 39 heavy (non-hydrogen) atoms. The Morgan fingerprint density at radius 3 is 2.13 bits per heavy atom. The number of hydrogen-bond donors (Lipinski definition) is 2. The molecule has 0 atom stereocenters. The van der Waals surface area contributed by atoms with Crippen LogP contribution in [0, 0.1) is 0 Å². The molecule has 0 radical (unpaired) electrons. The zero-order valence-corrected chi connectivity index (χ0v) is 23.0. The van der Waals surface area contributed by atoms with Crippen LogP contribution in [-0.4, -0.2) is 49.8 Å². The summed E-state index contributed by atoms with van der Waals surface area (Å²) in [6.45, 7) is 8.18. The number of hydrogen-bond acceptors (Lipinski definition) is 6. The largest absolute Gasteiger partial charge is 0.504 e. The minimum atomic E-state index is -0.727. The molecular weight excluding hydrogens is 493 g/mol. The molecule has 1 saturated heterocycles. The molecular formula is C31H34BNO6. The Balaban J connectivity index is 1.32. The minimum Gasteiger partial charge on any atom is -0.504 e. The van der Waals surface area contributed by atoms with Crippen molar-refractivity contribution in [1.82, 2.24) is 5.32 Å². The van der Waals surface area contributed by atoms with Crippen LogP contribution in [0.25, 0.3) is 17.2 Å². The topological polar surface area (TPSA) is 86.3 Å². The number of methoxy groups -OCH3 is 1. The van der Waals surface area contributed by atoms with E-state index in [2.05, 4.69) is 29.6 Å². The number of para-hydroxylation sites is 1. The zero-order valence-electron chi connectivity index (χ0n) is 23.0. The second-order valence-electron chi connectivity index (χ2n) is 10.9. The molecule has 1 aliphatic carbocycles. The second-order valence-corrected chi connectivity index (χ2v) is 10.9. The predicted molar refractivity (Wildman–Crippen MR) is 152 cm³/mol. The Morgan fingerprint density at radius 1 is 0.949 bits per heavy atom. The summed E-state index contributed by atoms with van der Waals surface area (Å²) in [7, 11) is 0.769. The monoisotopic (exact) mass is 527 g/mol. The van der Waals surface area contributed by atoms with Crippen LogP contribution in [0.2, 0.25) is 0 Å². The molecule has 0 spiro atoms. The summed E-state index contributed by atoms with van der Waals surface area (Å²) < 4.78 is 23.5. The van der Waals surface area contributed by atoms with Crippen LogP contribution in [0.3, 0.4) is 0 Å². The van der Waals surface area contributed by atoms with Gasteiger partial charge in [-0.25, -0.2) is 4.79 Å². The van der Waals surface area contributed by atoms with Gasteiger partial charge in [0.1, 0.15) is 6.61 Å². The van der Waals surface area contributed by atoms with E-state index in [1.54, 1.807) is 24.3 Å². The van der Waals surface area contributed by atoms with E-state index in [0.29, 0.717) is 16.8 Å². The van der Waals surface area contributed by atoms with Gasteiger partial charge in [-0.1, -0.05) is 66.7 Å². The maximum Gasteiger partial charge on any atom is 0.492 e. The van der Waals surface area contributed by atoms with E-state index in [4.69, 9.17) is 18.8 Å². The average molecular weight is 527 g/mol. The summed E-state index contributed by atoms with van der Waals surface area (Å²) in [5.74, 6) is 0.312. The highest BCUT2D eigenvalue weighted by Gasteiger charge is 2.52. The van der Waals surface area contributed by atoms with Crippen molar-refractivity contribution in [3.63, 3.8) is 0 Å². The fraction of sp³-hybridized carbons (Fsp3) is 0.323. The third-order valence-electron chi connectivity index (χ3n) is 7.93. The molecule has 0 bridgehead atoms. The van der Waals surface area contributed by atoms with Gasteiger partial charge >= 0.3 is 13.2 Å². The number of carbonyl (C=O) groups excluding carboxylic acids is 1. The van der Waals surface area contributed by atoms with E-state index >= 15 is 0 Å². The Hall–Kier alpha value is -3.75. The third kappa shape index (κ3) is 5.14. The SMILES string of the molecule is COc1cccc(C=C(CNC(=O)OCC2c3ccccc3-c3ccccc32)B2OC(C)(C)C(C)(C)O2)c1O. The van der Waals surface area contributed by atoms with Crippen LogP contribution in [0.15, 0.2) is 72.2 Å². The van der Waals surface area contributed by atoms with E-state index in [0.717, 1.165) is 11.1 Å². The fourth-order valence-corrected chi connectivity index (χ4v) is 5.04. The first-order valence-electron chi connectivity index (χ1n) is 13.1. The fourth-order valence-electron chi connectivity index (χ4n) is 5.04. The molecule has 0 unspecified atom stereocenters. The maximum atomic E-state index is 12.9. The number of fused-ring (bicyclic) bond motifs is 3. The lowest BCUT2D eigenvalue weighted by Crippen LogP contribution is -2.41. The second kappa shape index (κ2) is 10.4. The third-order valence-corrected chi connectivity index (χ3v) is 7.93. The van der Waals surface area contributed by atoms with Crippen molar-refractivity contribution in [3.05, 3.63) is 88.9 Å². The maximum absolute atomic E-state index is 12.9. The molecule has 1 fully saturated rings. The Kier molecular flexibility index (Phi) is 7.18. The first-order chi connectivity index (χ1) is 18.6. The number of ether oxygens (including phenoxy) is 2. The Bertz CT molecular complexity index is 1350. The number of amides is 1. The van der Waals surface area contributed by atoms with Gasteiger partial charge in [0.05, 0.1) is 18.3 Å². The Labute approximate surface area is 229 Å². The van der Waals surface area contributed by atoms with Crippen molar-refractivity contribution in [2.24, 2.45) is 0 Å². The highest BCUT2D eigenvalue weighted by Crippen LogP contribution is 2.44. The summed E-state index contributed by atoms with van der Waals surface area (Å²) in [6, 6.07) is 21.7. The van der Waals surface area contributed by atoms with Gasteiger partial charge in [-0.15, -0.1) is 0 Å². The van der Waals surface area contributed by atoms with Gasteiger partial charge in [0.15, 0.2) is 11.5 Å². The molecule has 5 rings (SSSR count). The summed E-state index contributed by atoms with van der Waals surface area (Å²) >= 11 is 0. The van der Waals surface area contributed by atoms with Crippen LogP contribution >= 0.6 is 0 Å². The molecule has 1 aliphatic heterocycles. The highest BCUT2D eigenvalue weighted by atomic mass is 16.7. The summed E-state index contributed by atoms with van der Waals surface area (Å²) in [5.41, 5.74) is 4.65. The van der Waals surface area contributed by atoms with Crippen LogP contribution < -0.4 is 10.1 Å². The van der Waals surface area contributed by atoms with E-state index in [-0.39, 0.29) is 24.8 Å². The molecule has 0 aromatic heterocycles. The number of phenolic OH excluding ortho intramolecular Hbond substituents is 1. The van der Waals surface area contributed by atoms with Crippen LogP contribution in [0.4, 0.5) is 4.79 Å². The molecule has 1 amide bonds. The summed E-state index contributed by atoms with van der Waals surface area (Å²) in [4.78, 5) is 12.9. The molecule has 1 heterocycles. The van der Waals surface area contributed by atoms with Crippen LogP contribution in [0.1, 0.15) is 50.3 Å². The average Bonchev–Trinajstić information content (AvgIpc) is 3.35. The van der Waals surface area contributed by atoms with Crippen LogP contribution in [-0.2, 0) is 14.0 Å². The van der Waals surface area contributed by atoms with E-state index in [1.807, 2.05) is 52.0 Å². The van der Waals surface area contributed by atoms with Crippen LogP contribution in [0.5, 0.6) is 11.5 Å². The summed E-state index contributed by atoms with van der Waals surface area (Å²) in [6.07, 6.45) is 1.21. The molecule has 7 nitrogen and oxygen atoms in total. The zero-order chi connectivity index (χ0) is 27.8. The Morgan fingerprint density at radius 2 is 1.54 bits per heavy atom. The minimum absolute atomic E-state index is 0.00448. The highest BCUT2D eigenvalue weighted by molar-refractivity contribution is 6.56. The van der Waals surface area contributed by atoms with Gasteiger partial charge in [0.2, 0.25) is 0 Å². The van der Waals surface area contributed by atoms with Crippen molar-refractivity contribution in [2.45, 2.75) is 44.8 Å². The van der Waals surface area contributed by atoms with Crippen molar-refractivity contribution in [3.8, 4) is 22.6 Å². The van der Waals surface area contributed by atoms with Gasteiger partial charge in [-0.2, -0.15) is 0 Å². The molecule has 3 aromatic rings. The van der Waals surface area contributed by atoms with Crippen molar-refractivity contribution in [1.29, 1.82) is 0 Å². The first-order valence-corrected chi connectivity index (χ1v) is 13.1. The van der Waals surface area contributed by atoms with Gasteiger partial charge in [-0.3, -0.25) is 0 Å². The van der Waals surface area contributed by atoms with E-state index in [9.17, 15) is 9.90 Å². The molecule has 8 heteroatoms. The summed E-state index contributed by atoms with van der Waals surface area (Å²) in [5, 5.41) is 13.5. The van der Waals surface area contributed by atoms with Gasteiger partial charge in [0, 0.05) is 18.0 Å². The number of phenols is 1. The number of benzene rings is 3. The normalized spacial score (nSPS) is 17.5. The molecule has 0 saturated carbocycles. The lowest BCUT2D eigenvalue weighted by molar-refractivity contribution is 0.00578. The van der Waals surface area contributed by atoms with Crippen molar-refractivity contribution >= 4 is 19.3 Å². The molecule has 202 valence electrons. The number of alkyl carbamates (subject to hydrolysis) is 1.